The third kappa shape index (κ3) is 4.03. The molecule has 2 aromatic rings. The number of hydrogen-bond acceptors (Lipinski definition) is 6. The molecule has 1 atom stereocenters. The summed E-state index contributed by atoms with van der Waals surface area (Å²) in [5.74, 6) is 0.596. The van der Waals surface area contributed by atoms with Crippen LogP contribution in [0.2, 0.25) is 0 Å². The predicted molar refractivity (Wildman–Crippen MR) is 77.3 cm³/mol. The minimum atomic E-state index is 0.0649. The molecule has 2 aromatic heterocycles. The molecule has 0 amide bonds. The minimum absolute atomic E-state index is 0.0649. The van der Waals surface area contributed by atoms with Crippen LogP contribution in [-0.2, 0) is 6.54 Å². The number of hydrogen-bond donors (Lipinski definition) is 2. The van der Waals surface area contributed by atoms with Crippen LogP contribution in [0.1, 0.15) is 43.6 Å². The summed E-state index contributed by atoms with van der Waals surface area (Å²) in [6, 6.07) is 6.40. The predicted octanol–water partition coefficient (Wildman–Crippen LogP) is 2.45. The topological polar surface area (TPSA) is 75.9 Å². The van der Waals surface area contributed by atoms with Crippen LogP contribution in [0.4, 0.5) is 6.01 Å². The molecule has 2 N–H and O–H groups in total. The molecule has 0 aliphatic heterocycles. The second-order valence-electron chi connectivity index (χ2n) is 4.75. The van der Waals surface area contributed by atoms with Crippen molar-refractivity contribution in [3.05, 3.63) is 35.5 Å². The van der Waals surface area contributed by atoms with Crippen LogP contribution in [0.3, 0.4) is 0 Å². The molecule has 2 rings (SSSR count). The maximum absolute atomic E-state index is 5.57. The van der Waals surface area contributed by atoms with Gasteiger partial charge in [0.05, 0.1) is 18.3 Å². The molecule has 0 spiro atoms. The Labute approximate surface area is 119 Å². The van der Waals surface area contributed by atoms with Crippen LogP contribution in [0, 0.1) is 6.92 Å². The van der Waals surface area contributed by atoms with Gasteiger partial charge in [-0.05, 0) is 38.9 Å². The first-order valence-electron chi connectivity index (χ1n) is 6.92. The Kier molecular flexibility index (Phi) is 5.06. The van der Waals surface area contributed by atoms with E-state index >= 15 is 0 Å². The van der Waals surface area contributed by atoms with Gasteiger partial charge in [0.1, 0.15) is 0 Å². The third-order valence-electron chi connectivity index (χ3n) is 2.88. The second-order valence-corrected chi connectivity index (χ2v) is 4.75. The number of aromatic nitrogens is 3. The zero-order chi connectivity index (χ0) is 14.4. The molecule has 6 nitrogen and oxygen atoms in total. The number of aryl methyl sites for hydroxylation is 1. The Hall–Kier alpha value is -1.95. The van der Waals surface area contributed by atoms with Gasteiger partial charge in [-0.3, -0.25) is 4.98 Å². The number of anilines is 1. The fraction of sp³-hybridized carbons (Fsp3) is 0.500. The standard InChI is InChI=1S/C14H21N5O/c1-4-8-15-11(3)13-18-19-14(20-13)16-9-12-7-5-6-10(2)17-12/h5-7,11,15H,4,8-9H2,1-3H3,(H,16,19). The van der Waals surface area contributed by atoms with Crippen molar-refractivity contribution in [2.24, 2.45) is 0 Å². The summed E-state index contributed by atoms with van der Waals surface area (Å²) in [7, 11) is 0. The normalized spacial score (nSPS) is 12.3. The van der Waals surface area contributed by atoms with Crippen LogP contribution in [0.5, 0.6) is 0 Å². The van der Waals surface area contributed by atoms with Crippen LogP contribution < -0.4 is 10.6 Å². The zero-order valence-electron chi connectivity index (χ0n) is 12.2. The van der Waals surface area contributed by atoms with E-state index in [1.165, 1.54) is 0 Å². The van der Waals surface area contributed by atoms with Gasteiger partial charge in [0.25, 0.3) is 0 Å². The zero-order valence-corrected chi connectivity index (χ0v) is 12.2. The maximum Gasteiger partial charge on any atom is 0.315 e. The molecule has 0 bridgehead atoms. The summed E-state index contributed by atoms with van der Waals surface area (Å²) in [6.07, 6.45) is 1.07. The Balaban J connectivity index is 1.89. The van der Waals surface area contributed by atoms with E-state index in [4.69, 9.17) is 4.42 Å². The molecule has 0 radical (unpaired) electrons. The molecular weight excluding hydrogens is 254 g/mol. The number of nitrogens with one attached hydrogen (secondary N) is 2. The lowest BCUT2D eigenvalue weighted by Gasteiger charge is -2.07. The van der Waals surface area contributed by atoms with Crippen molar-refractivity contribution >= 4 is 6.01 Å². The van der Waals surface area contributed by atoms with Crippen molar-refractivity contribution in [3.63, 3.8) is 0 Å². The summed E-state index contributed by atoms with van der Waals surface area (Å²) in [4.78, 5) is 4.41. The SMILES string of the molecule is CCCNC(C)c1nnc(NCc2cccc(C)n2)o1. The lowest BCUT2D eigenvalue weighted by Crippen LogP contribution is -2.19. The van der Waals surface area contributed by atoms with Gasteiger partial charge in [-0.25, -0.2) is 0 Å². The summed E-state index contributed by atoms with van der Waals surface area (Å²) in [6.45, 7) is 7.60. The molecule has 0 fully saturated rings. The van der Waals surface area contributed by atoms with E-state index in [9.17, 15) is 0 Å². The first-order chi connectivity index (χ1) is 9.69. The molecule has 20 heavy (non-hydrogen) atoms. The lowest BCUT2D eigenvalue weighted by atomic mass is 10.3. The first-order valence-corrected chi connectivity index (χ1v) is 6.92. The van der Waals surface area contributed by atoms with E-state index in [1.807, 2.05) is 32.0 Å². The van der Waals surface area contributed by atoms with Crippen molar-refractivity contribution in [1.82, 2.24) is 20.5 Å². The van der Waals surface area contributed by atoms with E-state index in [0.29, 0.717) is 18.5 Å². The van der Waals surface area contributed by atoms with E-state index in [-0.39, 0.29) is 6.04 Å². The van der Waals surface area contributed by atoms with Gasteiger partial charge >= 0.3 is 6.01 Å². The Morgan fingerprint density at radius 2 is 2.15 bits per heavy atom. The van der Waals surface area contributed by atoms with Crippen LogP contribution >= 0.6 is 0 Å². The molecule has 1 unspecified atom stereocenters. The van der Waals surface area contributed by atoms with Gasteiger partial charge in [-0.2, -0.15) is 0 Å². The highest BCUT2D eigenvalue weighted by molar-refractivity contribution is 5.21. The fourth-order valence-electron chi connectivity index (χ4n) is 1.79. The molecule has 108 valence electrons. The molecular formula is C14H21N5O. The van der Waals surface area contributed by atoms with Crippen LogP contribution in [0.15, 0.2) is 22.6 Å². The second kappa shape index (κ2) is 7.00. The number of nitrogens with zero attached hydrogens (tertiary/aromatic N) is 3. The monoisotopic (exact) mass is 275 g/mol. The Bertz CT molecular complexity index is 540. The minimum Gasteiger partial charge on any atom is -0.406 e. The average molecular weight is 275 g/mol. The molecule has 0 saturated carbocycles. The number of pyridine rings is 1. The summed E-state index contributed by atoms with van der Waals surface area (Å²) in [5, 5.41) is 14.4. The molecule has 6 heteroatoms. The van der Waals surface area contributed by atoms with Gasteiger partial charge < -0.3 is 15.1 Å². The van der Waals surface area contributed by atoms with Crippen LogP contribution in [-0.4, -0.2) is 21.7 Å². The summed E-state index contributed by atoms with van der Waals surface area (Å²) >= 11 is 0. The van der Waals surface area contributed by atoms with Crippen molar-refractivity contribution in [1.29, 1.82) is 0 Å². The molecule has 2 heterocycles. The highest BCUT2D eigenvalue weighted by Gasteiger charge is 2.12. The first kappa shape index (κ1) is 14.5. The lowest BCUT2D eigenvalue weighted by molar-refractivity contribution is 0.423. The third-order valence-corrected chi connectivity index (χ3v) is 2.88. The van der Waals surface area contributed by atoms with E-state index in [1.54, 1.807) is 0 Å². The highest BCUT2D eigenvalue weighted by atomic mass is 16.4. The van der Waals surface area contributed by atoms with Gasteiger partial charge in [0, 0.05) is 5.69 Å². The summed E-state index contributed by atoms with van der Waals surface area (Å²) < 4.78 is 5.57. The molecule has 0 aliphatic carbocycles. The summed E-state index contributed by atoms with van der Waals surface area (Å²) in [5.41, 5.74) is 1.94. The Morgan fingerprint density at radius 1 is 1.30 bits per heavy atom. The fourth-order valence-corrected chi connectivity index (χ4v) is 1.79. The van der Waals surface area contributed by atoms with Crippen molar-refractivity contribution in [2.45, 2.75) is 39.8 Å². The largest absolute Gasteiger partial charge is 0.406 e. The van der Waals surface area contributed by atoms with E-state index in [2.05, 4.69) is 32.7 Å². The van der Waals surface area contributed by atoms with E-state index in [0.717, 1.165) is 24.4 Å². The smallest absolute Gasteiger partial charge is 0.315 e. The van der Waals surface area contributed by atoms with Crippen LogP contribution in [0.25, 0.3) is 0 Å². The van der Waals surface area contributed by atoms with E-state index < -0.39 is 0 Å². The van der Waals surface area contributed by atoms with Crippen molar-refractivity contribution in [2.75, 3.05) is 11.9 Å². The van der Waals surface area contributed by atoms with Gasteiger partial charge in [-0.15, -0.1) is 5.10 Å². The van der Waals surface area contributed by atoms with Gasteiger partial charge in [-0.1, -0.05) is 18.1 Å². The molecule has 0 aromatic carbocycles. The number of rotatable bonds is 7. The maximum atomic E-state index is 5.57. The average Bonchev–Trinajstić information content (AvgIpc) is 2.91. The van der Waals surface area contributed by atoms with Crippen molar-refractivity contribution < 1.29 is 4.42 Å². The highest BCUT2D eigenvalue weighted by Crippen LogP contribution is 2.14. The van der Waals surface area contributed by atoms with Gasteiger partial charge in [0.15, 0.2) is 0 Å². The molecule has 0 saturated heterocycles. The van der Waals surface area contributed by atoms with Crippen molar-refractivity contribution in [3.8, 4) is 0 Å². The Morgan fingerprint density at radius 3 is 2.90 bits per heavy atom. The van der Waals surface area contributed by atoms with Gasteiger partial charge in [0.2, 0.25) is 5.89 Å². The molecule has 0 aliphatic rings. The quantitative estimate of drug-likeness (QED) is 0.808.